The standard InChI is InChI=1S/C13H27NO/c1-10(2)14-9-11-6-7-15-12(11)8-13(3,4)5/h10-12,14H,6-9H2,1-5H3. The van der Waals surface area contributed by atoms with Crippen LogP contribution < -0.4 is 5.32 Å². The van der Waals surface area contributed by atoms with Gasteiger partial charge in [-0.3, -0.25) is 0 Å². The van der Waals surface area contributed by atoms with Gasteiger partial charge in [0.2, 0.25) is 0 Å². The zero-order valence-corrected chi connectivity index (χ0v) is 11.0. The molecule has 0 bridgehead atoms. The first kappa shape index (κ1) is 13.0. The Morgan fingerprint density at radius 2 is 2.00 bits per heavy atom. The molecule has 1 heterocycles. The highest BCUT2D eigenvalue weighted by Gasteiger charge is 2.31. The second-order valence-electron chi connectivity index (χ2n) is 6.29. The van der Waals surface area contributed by atoms with Crippen molar-refractivity contribution in [2.45, 2.75) is 59.6 Å². The summed E-state index contributed by atoms with van der Waals surface area (Å²) >= 11 is 0. The van der Waals surface area contributed by atoms with Crippen LogP contribution in [0.1, 0.15) is 47.5 Å². The molecule has 0 aromatic carbocycles. The average molecular weight is 213 g/mol. The Hall–Kier alpha value is -0.0800. The van der Waals surface area contributed by atoms with Crippen molar-refractivity contribution in [3.05, 3.63) is 0 Å². The average Bonchev–Trinajstić information content (AvgIpc) is 2.45. The Kier molecular flexibility index (Phi) is 4.60. The molecule has 2 atom stereocenters. The molecular formula is C13H27NO. The monoisotopic (exact) mass is 213 g/mol. The fraction of sp³-hybridized carbons (Fsp3) is 1.00. The molecule has 2 nitrogen and oxygen atoms in total. The fourth-order valence-corrected chi connectivity index (χ4v) is 2.14. The van der Waals surface area contributed by atoms with E-state index in [1.807, 2.05) is 0 Å². The van der Waals surface area contributed by atoms with Crippen LogP contribution in [0.2, 0.25) is 0 Å². The molecule has 0 aromatic rings. The van der Waals surface area contributed by atoms with E-state index in [9.17, 15) is 0 Å². The van der Waals surface area contributed by atoms with Crippen LogP contribution in [0.3, 0.4) is 0 Å². The van der Waals surface area contributed by atoms with Gasteiger partial charge in [0.1, 0.15) is 0 Å². The number of nitrogens with one attached hydrogen (secondary N) is 1. The molecule has 2 unspecified atom stereocenters. The lowest BCUT2D eigenvalue weighted by Gasteiger charge is -2.27. The van der Waals surface area contributed by atoms with Gasteiger partial charge in [0, 0.05) is 19.2 Å². The maximum atomic E-state index is 5.83. The van der Waals surface area contributed by atoms with Crippen molar-refractivity contribution in [1.82, 2.24) is 5.32 Å². The van der Waals surface area contributed by atoms with Crippen LogP contribution in [0, 0.1) is 11.3 Å². The normalized spacial score (nSPS) is 27.6. The van der Waals surface area contributed by atoms with E-state index < -0.39 is 0 Å². The molecule has 1 N–H and O–H groups in total. The Morgan fingerprint density at radius 3 is 2.53 bits per heavy atom. The summed E-state index contributed by atoms with van der Waals surface area (Å²) in [6.45, 7) is 13.3. The van der Waals surface area contributed by atoms with Crippen molar-refractivity contribution in [1.29, 1.82) is 0 Å². The fourth-order valence-electron chi connectivity index (χ4n) is 2.14. The van der Waals surface area contributed by atoms with Gasteiger partial charge >= 0.3 is 0 Å². The van der Waals surface area contributed by atoms with Crippen LogP contribution in [0.4, 0.5) is 0 Å². The van der Waals surface area contributed by atoms with E-state index in [-0.39, 0.29) is 0 Å². The first-order valence-corrected chi connectivity index (χ1v) is 6.23. The largest absolute Gasteiger partial charge is 0.378 e. The second-order valence-corrected chi connectivity index (χ2v) is 6.29. The van der Waals surface area contributed by atoms with Gasteiger partial charge in [-0.2, -0.15) is 0 Å². The lowest BCUT2D eigenvalue weighted by molar-refractivity contribution is 0.0556. The molecule has 0 aromatic heterocycles. The van der Waals surface area contributed by atoms with Crippen LogP contribution in [0.15, 0.2) is 0 Å². The Morgan fingerprint density at radius 1 is 1.33 bits per heavy atom. The third kappa shape index (κ3) is 4.98. The molecule has 1 fully saturated rings. The summed E-state index contributed by atoms with van der Waals surface area (Å²) in [5, 5.41) is 3.52. The molecule has 0 radical (unpaired) electrons. The van der Waals surface area contributed by atoms with Gasteiger partial charge in [-0.1, -0.05) is 34.6 Å². The summed E-state index contributed by atoms with van der Waals surface area (Å²) in [6, 6.07) is 0.584. The quantitative estimate of drug-likeness (QED) is 0.775. The predicted octanol–water partition coefficient (Wildman–Crippen LogP) is 2.83. The number of hydrogen-bond acceptors (Lipinski definition) is 2. The summed E-state index contributed by atoms with van der Waals surface area (Å²) in [4.78, 5) is 0. The van der Waals surface area contributed by atoms with Gasteiger partial charge in [-0.05, 0) is 24.2 Å². The van der Waals surface area contributed by atoms with E-state index in [2.05, 4.69) is 39.9 Å². The Labute approximate surface area is 94.8 Å². The van der Waals surface area contributed by atoms with Crippen molar-refractivity contribution in [3.63, 3.8) is 0 Å². The van der Waals surface area contributed by atoms with E-state index in [1.54, 1.807) is 0 Å². The third-order valence-electron chi connectivity index (χ3n) is 2.95. The Balaban J connectivity index is 2.36. The highest BCUT2D eigenvalue weighted by Crippen LogP contribution is 2.31. The maximum Gasteiger partial charge on any atom is 0.0621 e. The number of ether oxygens (including phenoxy) is 1. The van der Waals surface area contributed by atoms with Crippen molar-refractivity contribution in [2.75, 3.05) is 13.2 Å². The summed E-state index contributed by atoms with van der Waals surface area (Å²) in [5.74, 6) is 0.714. The molecule has 0 aliphatic carbocycles. The molecule has 0 saturated carbocycles. The molecule has 90 valence electrons. The molecule has 1 saturated heterocycles. The van der Waals surface area contributed by atoms with E-state index in [1.165, 1.54) is 12.8 Å². The minimum absolute atomic E-state index is 0.380. The first-order valence-electron chi connectivity index (χ1n) is 6.23. The summed E-state index contributed by atoms with van der Waals surface area (Å²) in [7, 11) is 0. The van der Waals surface area contributed by atoms with Crippen LogP contribution in [-0.4, -0.2) is 25.3 Å². The van der Waals surface area contributed by atoms with Gasteiger partial charge in [0.05, 0.1) is 6.10 Å². The minimum Gasteiger partial charge on any atom is -0.378 e. The molecule has 0 amide bonds. The smallest absolute Gasteiger partial charge is 0.0621 e. The van der Waals surface area contributed by atoms with Gasteiger partial charge < -0.3 is 10.1 Å². The molecule has 2 heteroatoms. The van der Waals surface area contributed by atoms with E-state index in [0.29, 0.717) is 23.5 Å². The predicted molar refractivity (Wildman–Crippen MR) is 65.1 cm³/mol. The topological polar surface area (TPSA) is 21.3 Å². The molecule has 1 aliphatic heterocycles. The zero-order valence-electron chi connectivity index (χ0n) is 11.0. The van der Waals surface area contributed by atoms with E-state index in [4.69, 9.17) is 4.74 Å². The van der Waals surface area contributed by atoms with Crippen molar-refractivity contribution < 1.29 is 4.74 Å². The molecular weight excluding hydrogens is 186 g/mol. The minimum atomic E-state index is 0.380. The summed E-state index contributed by atoms with van der Waals surface area (Å²) < 4.78 is 5.83. The number of hydrogen-bond donors (Lipinski definition) is 1. The SMILES string of the molecule is CC(C)NCC1CCOC1CC(C)(C)C. The van der Waals surface area contributed by atoms with Gasteiger partial charge in [-0.15, -0.1) is 0 Å². The highest BCUT2D eigenvalue weighted by molar-refractivity contribution is 4.82. The zero-order chi connectivity index (χ0) is 11.5. The lowest BCUT2D eigenvalue weighted by atomic mass is 9.84. The molecule has 0 spiro atoms. The van der Waals surface area contributed by atoms with Crippen molar-refractivity contribution in [2.24, 2.45) is 11.3 Å². The summed E-state index contributed by atoms with van der Waals surface area (Å²) in [5.41, 5.74) is 0.380. The number of rotatable bonds is 4. The second kappa shape index (κ2) is 5.31. The molecule has 1 rings (SSSR count). The van der Waals surface area contributed by atoms with Crippen LogP contribution in [-0.2, 0) is 4.74 Å². The summed E-state index contributed by atoms with van der Waals surface area (Å²) in [6.07, 6.45) is 2.87. The molecule has 15 heavy (non-hydrogen) atoms. The lowest BCUT2D eigenvalue weighted by Crippen LogP contribution is -2.34. The van der Waals surface area contributed by atoms with Gasteiger partial charge in [0.15, 0.2) is 0 Å². The van der Waals surface area contributed by atoms with Crippen LogP contribution >= 0.6 is 0 Å². The van der Waals surface area contributed by atoms with Crippen LogP contribution in [0.5, 0.6) is 0 Å². The Bertz CT molecular complexity index is 183. The van der Waals surface area contributed by atoms with E-state index in [0.717, 1.165) is 13.2 Å². The highest BCUT2D eigenvalue weighted by atomic mass is 16.5. The maximum absolute atomic E-state index is 5.83. The first-order chi connectivity index (χ1) is 6.88. The van der Waals surface area contributed by atoms with Crippen molar-refractivity contribution in [3.8, 4) is 0 Å². The van der Waals surface area contributed by atoms with Crippen LogP contribution in [0.25, 0.3) is 0 Å². The van der Waals surface area contributed by atoms with Gasteiger partial charge in [0.25, 0.3) is 0 Å². The van der Waals surface area contributed by atoms with Crippen molar-refractivity contribution >= 4 is 0 Å². The third-order valence-corrected chi connectivity index (χ3v) is 2.95. The van der Waals surface area contributed by atoms with Gasteiger partial charge in [-0.25, -0.2) is 0 Å². The molecule has 1 aliphatic rings. The van der Waals surface area contributed by atoms with E-state index >= 15 is 0 Å².